The summed E-state index contributed by atoms with van der Waals surface area (Å²) >= 11 is 0. The molecule has 0 spiro atoms. The van der Waals surface area contributed by atoms with E-state index >= 15 is 0 Å². The highest BCUT2D eigenvalue weighted by Crippen LogP contribution is 1.97. The second-order valence-electron chi connectivity index (χ2n) is 2.41. The molecule has 0 aliphatic heterocycles. The van der Waals surface area contributed by atoms with Crippen molar-refractivity contribution in [2.24, 2.45) is 0 Å². The molecule has 7 heteroatoms. The Labute approximate surface area is 79.1 Å². The van der Waals surface area contributed by atoms with Crippen molar-refractivity contribution in [1.82, 2.24) is 10.2 Å². The molecular weight excluding hydrogens is 190 g/mol. The first-order chi connectivity index (χ1) is 6.68. The minimum absolute atomic E-state index is 0.300. The monoisotopic (exact) mass is 199 g/mol. The van der Waals surface area contributed by atoms with Gasteiger partial charge in [0.2, 0.25) is 0 Å². The fourth-order valence-electron chi connectivity index (χ4n) is 0.743. The number of amides is 1. The van der Waals surface area contributed by atoms with Crippen molar-refractivity contribution in [2.75, 3.05) is 18.5 Å². The van der Waals surface area contributed by atoms with Gasteiger partial charge in [-0.15, -0.1) is 0 Å². The van der Waals surface area contributed by atoms with E-state index in [2.05, 4.69) is 20.3 Å². The summed E-state index contributed by atoms with van der Waals surface area (Å²) in [6, 6.07) is 1.56. The zero-order valence-corrected chi connectivity index (χ0v) is 7.19. The number of carboxylic acid groups (broad SMARTS) is 1. The number of carboxylic acids is 1. The molecule has 0 aliphatic carbocycles. The summed E-state index contributed by atoms with van der Waals surface area (Å²) in [7, 11) is 0. The number of aromatic nitrogens is 2. The lowest BCUT2D eigenvalue weighted by molar-refractivity contribution is -0.143. The van der Waals surface area contributed by atoms with Crippen LogP contribution in [-0.2, 0) is 14.3 Å². The number of nitrogens with one attached hydrogen (secondary N) is 2. The first-order valence-electron chi connectivity index (χ1n) is 3.77. The van der Waals surface area contributed by atoms with Gasteiger partial charge in [-0.1, -0.05) is 0 Å². The highest BCUT2D eigenvalue weighted by molar-refractivity contribution is 5.90. The number of nitrogens with zero attached hydrogens (tertiary/aromatic N) is 1. The summed E-state index contributed by atoms with van der Waals surface area (Å²) in [5.74, 6) is -1.11. The Bertz CT molecular complexity index is 309. The third-order valence-electron chi connectivity index (χ3n) is 1.23. The number of aromatic amines is 1. The molecule has 0 radical (unpaired) electrons. The molecule has 0 unspecified atom stereocenters. The van der Waals surface area contributed by atoms with Crippen LogP contribution in [0.3, 0.4) is 0 Å². The van der Waals surface area contributed by atoms with Gasteiger partial charge in [0.15, 0.2) is 0 Å². The summed E-state index contributed by atoms with van der Waals surface area (Å²) in [6.07, 6.45) is 1.48. The number of anilines is 1. The van der Waals surface area contributed by atoms with Crippen LogP contribution in [-0.4, -0.2) is 40.4 Å². The van der Waals surface area contributed by atoms with E-state index in [1.54, 1.807) is 6.07 Å². The average molecular weight is 199 g/mol. The lowest BCUT2D eigenvalue weighted by Gasteiger charge is -2.01. The molecular formula is C7H9N3O4. The Balaban J connectivity index is 2.20. The molecule has 76 valence electrons. The van der Waals surface area contributed by atoms with Crippen LogP contribution in [0.25, 0.3) is 0 Å². The molecule has 1 heterocycles. The van der Waals surface area contributed by atoms with Gasteiger partial charge in [-0.3, -0.25) is 9.89 Å². The van der Waals surface area contributed by atoms with Crippen LogP contribution in [0.15, 0.2) is 12.3 Å². The lowest BCUT2D eigenvalue weighted by atomic mass is 10.5. The van der Waals surface area contributed by atoms with Crippen LogP contribution in [0.5, 0.6) is 0 Å². The maximum Gasteiger partial charge on any atom is 0.329 e. The molecule has 7 nitrogen and oxygen atoms in total. The molecule has 0 bridgehead atoms. The van der Waals surface area contributed by atoms with Crippen LogP contribution < -0.4 is 5.32 Å². The Morgan fingerprint density at radius 3 is 2.93 bits per heavy atom. The smallest absolute Gasteiger partial charge is 0.329 e. The summed E-state index contributed by atoms with van der Waals surface area (Å²) in [6.45, 7) is -0.790. The SMILES string of the molecule is O=C(O)COCC(=O)Nc1ccn[nH]1. The Kier molecular flexibility index (Phi) is 3.62. The first kappa shape index (κ1) is 10.2. The van der Waals surface area contributed by atoms with Crippen molar-refractivity contribution in [3.05, 3.63) is 12.3 Å². The molecule has 0 atom stereocenters. The molecule has 1 rings (SSSR count). The van der Waals surface area contributed by atoms with Gasteiger partial charge in [0.25, 0.3) is 5.91 Å². The fraction of sp³-hybridized carbons (Fsp3) is 0.286. The Hall–Kier alpha value is -1.89. The molecule has 0 aromatic carbocycles. The van der Waals surface area contributed by atoms with E-state index in [0.717, 1.165) is 0 Å². The number of ether oxygens (including phenoxy) is 1. The number of carbonyl (C=O) groups excluding carboxylic acids is 1. The number of hydrogen-bond acceptors (Lipinski definition) is 4. The zero-order valence-electron chi connectivity index (χ0n) is 7.19. The fourth-order valence-corrected chi connectivity index (χ4v) is 0.743. The third kappa shape index (κ3) is 3.68. The van der Waals surface area contributed by atoms with E-state index in [4.69, 9.17) is 5.11 Å². The molecule has 3 N–H and O–H groups in total. The number of hydrogen-bond donors (Lipinski definition) is 3. The standard InChI is InChI=1S/C7H9N3O4/c11-6(3-14-4-7(12)13)9-5-1-2-8-10-5/h1-2H,3-4H2,(H,12,13)(H2,8,9,10,11). The van der Waals surface area contributed by atoms with Crippen LogP contribution in [0, 0.1) is 0 Å². The first-order valence-corrected chi connectivity index (χ1v) is 3.77. The summed E-state index contributed by atoms with van der Waals surface area (Å²) in [5, 5.41) is 16.8. The van der Waals surface area contributed by atoms with Gasteiger partial charge >= 0.3 is 5.97 Å². The van der Waals surface area contributed by atoms with Gasteiger partial charge in [0, 0.05) is 6.07 Å². The van der Waals surface area contributed by atoms with E-state index in [1.807, 2.05) is 0 Å². The Morgan fingerprint density at radius 2 is 2.36 bits per heavy atom. The van der Waals surface area contributed by atoms with E-state index < -0.39 is 18.5 Å². The van der Waals surface area contributed by atoms with E-state index in [9.17, 15) is 9.59 Å². The summed E-state index contributed by atoms with van der Waals surface area (Å²) < 4.78 is 4.56. The van der Waals surface area contributed by atoms with Crippen LogP contribution in [0.1, 0.15) is 0 Å². The number of rotatable bonds is 5. The van der Waals surface area contributed by atoms with Crippen molar-refractivity contribution in [3.63, 3.8) is 0 Å². The van der Waals surface area contributed by atoms with E-state index in [-0.39, 0.29) is 6.61 Å². The van der Waals surface area contributed by atoms with Gasteiger partial charge in [0.05, 0.1) is 6.20 Å². The quantitative estimate of drug-likeness (QED) is 0.590. The minimum Gasteiger partial charge on any atom is -0.480 e. The van der Waals surface area contributed by atoms with Crippen LogP contribution in [0.2, 0.25) is 0 Å². The molecule has 1 amide bonds. The minimum atomic E-state index is -1.11. The normalized spacial score (nSPS) is 9.71. The molecule has 14 heavy (non-hydrogen) atoms. The third-order valence-corrected chi connectivity index (χ3v) is 1.23. The maximum absolute atomic E-state index is 11.0. The van der Waals surface area contributed by atoms with Crippen molar-refractivity contribution >= 4 is 17.7 Å². The second-order valence-corrected chi connectivity index (χ2v) is 2.41. The van der Waals surface area contributed by atoms with Gasteiger partial charge < -0.3 is 15.2 Å². The van der Waals surface area contributed by atoms with Gasteiger partial charge in [-0.2, -0.15) is 5.10 Å². The average Bonchev–Trinajstić information content (AvgIpc) is 2.56. The van der Waals surface area contributed by atoms with Crippen molar-refractivity contribution in [3.8, 4) is 0 Å². The Morgan fingerprint density at radius 1 is 1.57 bits per heavy atom. The van der Waals surface area contributed by atoms with Gasteiger partial charge in [-0.05, 0) is 0 Å². The predicted octanol–water partition coefficient (Wildman–Crippen LogP) is -0.551. The molecule has 0 saturated heterocycles. The summed E-state index contributed by atoms with van der Waals surface area (Å²) in [5.41, 5.74) is 0. The molecule has 0 aliphatic rings. The number of aliphatic carboxylic acids is 1. The molecule has 1 aromatic rings. The highest BCUT2D eigenvalue weighted by atomic mass is 16.5. The van der Waals surface area contributed by atoms with Gasteiger partial charge in [0.1, 0.15) is 19.0 Å². The molecule has 1 aromatic heterocycles. The van der Waals surface area contributed by atoms with Crippen molar-refractivity contribution in [1.29, 1.82) is 0 Å². The molecule has 0 saturated carbocycles. The second kappa shape index (κ2) is 4.97. The van der Waals surface area contributed by atoms with Gasteiger partial charge in [-0.25, -0.2) is 4.79 Å². The van der Waals surface area contributed by atoms with Crippen LogP contribution in [0.4, 0.5) is 5.82 Å². The highest BCUT2D eigenvalue weighted by Gasteiger charge is 2.04. The number of carbonyl (C=O) groups is 2. The summed E-state index contributed by atoms with van der Waals surface area (Å²) in [4.78, 5) is 21.0. The largest absolute Gasteiger partial charge is 0.480 e. The van der Waals surface area contributed by atoms with Crippen molar-refractivity contribution < 1.29 is 19.4 Å². The van der Waals surface area contributed by atoms with Crippen molar-refractivity contribution in [2.45, 2.75) is 0 Å². The predicted molar refractivity (Wildman–Crippen MR) is 45.7 cm³/mol. The lowest BCUT2D eigenvalue weighted by Crippen LogP contribution is -2.20. The maximum atomic E-state index is 11.0. The molecule has 0 fully saturated rings. The number of H-pyrrole nitrogens is 1. The topological polar surface area (TPSA) is 104 Å². The van der Waals surface area contributed by atoms with E-state index in [1.165, 1.54) is 6.20 Å². The van der Waals surface area contributed by atoms with Crippen LogP contribution >= 0.6 is 0 Å². The zero-order chi connectivity index (χ0) is 10.4. The van der Waals surface area contributed by atoms with E-state index in [0.29, 0.717) is 5.82 Å².